The first-order valence-corrected chi connectivity index (χ1v) is 9.56. The Kier molecular flexibility index (Phi) is 4.57. The molecule has 0 bridgehead atoms. The van der Waals surface area contributed by atoms with Gasteiger partial charge in [0.1, 0.15) is 5.82 Å². The monoisotopic (exact) mass is 352 g/mol. The number of nitrogens with one attached hydrogen (secondary N) is 1. The lowest BCUT2D eigenvalue weighted by atomic mass is 9.74. The Labute approximate surface area is 155 Å². The molecule has 1 aromatic heterocycles. The van der Waals surface area contributed by atoms with Gasteiger partial charge in [-0.05, 0) is 36.8 Å². The molecule has 1 saturated carbocycles. The maximum Gasteiger partial charge on any atom is 0.223 e. The number of nitrogens with zero attached hydrogens (tertiary/aromatic N) is 3. The minimum atomic E-state index is 0.0715. The lowest BCUT2D eigenvalue weighted by Gasteiger charge is -2.38. The van der Waals surface area contributed by atoms with Crippen molar-refractivity contribution in [3.63, 3.8) is 0 Å². The fourth-order valence-corrected chi connectivity index (χ4v) is 4.58. The zero-order valence-electron chi connectivity index (χ0n) is 15.9. The van der Waals surface area contributed by atoms with Gasteiger partial charge in [0.05, 0.1) is 6.04 Å². The van der Waals surface area contributed by atoms with E-state index in [0.29, 0.717) is 18.4 Å². The third kappa shape index (κ3) is 3.05. The van der Waals surface area contributed by atoms with Gasteiger partial charge in [-0.2, -0.15) is 0 Å². The molecule has 1 aromatic carbocycles. The minimum Gasteiger partial charge on any atom is -0.336 e. The highest BCUT2D eigenvalue weighted by molar-refractivity contribution is 5.79. The second-order valence-corrected chi connectivity index (χ2v) is 7.94. The Morgan fingerprint density at radius 3 is 2.69 bits per heavy atom. The van der Waals surface area contributed by atoms with Crippen LogP contribution in [0.4, 0.5) is 0 Å². The molecule has 1 aliphatic carbocycles. The van der Waals surface area contributed by atoms with Crippen LogP contribution in [0.15, 0.2) is 36.7 Å². The van der Waals surface area contributed by atoms with Crippen LogP contribution in [0.1, 0.15) is 48.2 Å². The number of carbonyl (C=O) groups is 1. The van der Waals surface area contributed by atoms with Crippen molar-refractivity contribution in [3.05, 3.63) is 53.6 Å². The van der Waals surface area contributed by atoms with Gasteiger partial charge < -0.3 is 14.8 Å². The van der Waals surface area contributed by atoms with Gasteiger partial charge in [0.15, 0.2) is 0 Å². The van der Waals surface area contributed by atoms with Gasteiger partial charge in [-0.3, -0.25) is 4.79 Å². The summed E-state index contributed by atoms with van der Waals surface area (Å²) in [6, 6.07) is 9.34. The Morgan fingerprint density at radius 1 is 1.23 bits per heavy atom. The van der Waals surface area contributed by atoms with E-state index < -0.39 is 0 Å². The number of hydrogen-bond donors (Lipinski definition) is 1. The molecule has 2 fully saturated rings. The number of imidazole rings is 1. The first-order chi connectivity index (χ1) is 12.5. The van der Waals surface area contributed by atoms with E-state index in [0.717, 1.165) is 12.4 Å². The van der Waals surface area contributed by atoms with Crippen LogP contribution < -0.4 is 5.32 Å². The molecule has 138 valence electrons. The lowest BCUT2D eigenvalue weighted by molar-refractivity contribution is -0.127. The number of benzene rings is 1. The van der Waals surface area contributed by atoms with E-state index in [1.807, 2.05) is 36.0 Å². The van der Waals surface area contributed by atoms with Gasteiger partial charge in [-0.1, -0.05) is 24.3 Å². The summed E-state index contributed by atoms with van der Waals surface area (Å²) in [7, 11) is 3.90. The predicted molar refractivity (Wildman–Crippen MR) is 102 cm³/mol. The SMILES string of the molecule is Cc1ccccc1C1CC(NC[C@@H]2CC(=O)N(C)[C@H]2c2nccn2C)C1. The van der Waals surface area contributed by atoms with Crippen LogP contribution >= 0.6 is 0 Å². The Balaban J connectivity index is 1.35. The smallest absolute Gasteiger partial charge is 0.223 e. The van der Waals surface area contributed by atoms with E-state index in [1.54, 1.807) is 0 Å². The number of aryl methyl sites for hydroxylation is 2. The van der Waals surface area contributed by atoms with Crippen molar-refractivity contribution >= 4 is 5.91 Å². The first kappa shape index (κ1) is 17.3. The molecule has 0 radical (unpaired) electrons. The average molecular weight is 352 g/mol. The third-order valence-electron chi connectivity index (χ3n) is 6.25. The number of rotatable bonds is 5. The zero-order valence-corrected chi connectivity index (χ0v) is 15.9. The topological polar surface area (TPSA) is 50.2 Å². The van der Waals surface area contributed by atoms with Crippen molar-refractivity contribution in [3.8, 4) is 0 Å². The molecule has 0 spiro atoms. The number of aromatic nitrogens is 2. The van der Waals surface area contributed by atoms with Gasteiger partial charge in [-0.15, -0.1) is 0 Å². The summed E-state index contributed by atoms with van der Waals surface area (Å²) in [5.41, 5.74) is 2.89. The van der Waals surface area contributed by atoms with Crippen LogP contribution in [0.2, 0.25) is 0 Å². The van der Waals surface area contributed by atoms with E-state index in [9.17, 15) is 4.79 Å². The molecule has 0 unspecified atom stereocenters. The highest BCUT2D eigenvalue weighted by Gasteiger charge is 2.41. The molecule has 2 heterocycles. The van der Waals surface area contributed by atoms with Gasteiger partial charge >= 0.3 is 0 Å². The summed E-state index contributed by atoms with van der Waals surface area (Å²) >= 11 is 0. The first-order valence-electron chi connectivity index (χ1n) is 9.56. The van der Waals surface area contributed by atoms with Crippen molar-refractivity contribution in [2.75, 3.05) is 13.6 Å². The Bertz CT molecular complexity index is 793. The largest absolute Gasteiger partial charge is 0.336 e. The van der Waals surface area contributed by atoms with E-state index in [4.69, 9.17) is 0 Å². The number of carbonyl (C=O) groups excluding carboxylic acids is 1. The average Bonchev–Trinajstić information content (AvgIpc) is 3.11. The molecule has 1 N–H and O–H groups in total. The molecule has 4 rings (SSSR count). The molecule has 5 nitrogen and oxygen atoms in total. The molecule has 26 heavy (non-hydrogen) atoms. The predicted octanol–water partition coefficient (Wildman–Crippen LogP) is 2.78. The summed E-state index contributed by atoms with van der Waals surface area (Å²) in [6.45, 7) is 3.08. The minimum absolute atomic E-state index is 0.0715. The lowest BCUT2D eigenvalue weighted by Crippen LogP contribution is -2.43. The maximum atomic E-state index is 12.3. The van der Waals surface area contributed by atoms with Crippen LogP contribution in [0.5, 0.6) is 0 Å². The van der Waals surface area contributed by atoms with Crippen LogP contribution in [0, 0.1) is 12.8 Å². The molecule has 2 aromatic rings. The Morgan fingerprint density at radius 2 is 2.00 bits per heavy atom. The van der Waals surface area contributed by atoms with Crippen molar-refractivity contribution in [1.29, 1.82) is 0 Å². The summed E-state index contributed by atoms with van der Waals surface area (Å²) < 4.78 is 2.03. The van der Waals surface area contributed by atoms with E-state index in [2.05, 4.69) is 41.5 Å². The second-order valence-electron chi connectivity index (χ2n) is 7.94. The molecule has 1 saturated heterocycles. The number of likely N-dealkylation sites (tertiary alicyclic amines) is 1. The summed E-state index contributed by atoms with van der Waals surface area (Å²) in [4.78, 5) is 18.6. The quantitative estimate of drug-likeness (QED) is 0.900. The summed E-state index contributed by atoms with van der Waals surface area (Å²) in [5.74, 6) is 2.16. The summed E-state index contributed by atoms with van der Waals surface area (Å²) in [6.07, 6.45) is 6.75. The van der Waals surface area contributed by atoms with Gasteiger partial charge in [-0.25, -0.2) is 4.98 Å². The Hall–Kier alpha value is -2.14. The van der Waals surface area contributed by atoms with Crippen LogP contribution in [0.25, 0.3) is 0 Å². The van der Waals surface area contributed by atoms with E-state index in [1.165, 1.54) is 24.0 Å². The maximum absolute atomic E-state index is 12.3. The van der Waals surface area contributed by atoms with E-state index in [-0.39, 0.29) is 17.9 Å². The molecular formula is C21H28N4O. The van der Waals surface area contributed by atoms with Gasteiger partial charge in [0, 0.05) is 51.4 Å². The third-order valence-corrected chi connectivity index (χ3v) is 6.25. The van der Waals surface area contributed by atoms with Gasteiger partial charge in [0.25, 0.3) is 0 Å². The van der Waals surface area contributed by atoms with Crippen molar-refractivity contribution < 1.29 is 4.79 Å². The molecule has 2 aliphatic rings. The highest BCUT2D eigenvalue weighted by atomic mass is 16.2. The number of amides is 1. The molecular weight excluding hydrogens is 324 g/mol. The van der Waals surface area contributed by atoms with Crippen molar-refractivity contribution in [1.82, 2.24) is 19.8 Å². The van der Waals surface area contributed by atoms with Crippen molar-refractivity contribution in [2.45, 2.75) is 44.2 Å². The van der Waals surface area contributed by atoms with Crippen molar-refractivity contribution in [2.24, 2.45) is 13.0 Å². The normalized spacial score (nSPS) is 28.4. The highest BCUT2D eigenvalue weighted by Crippen LogP contribution is 2.40. The summed E-state index contributed by atoms with van der Waals surface area (Å²) in [5, 5.41) is 3.72. The standard InChI is InChI=1S/C21H28N4O/c1-14-6-4-5-7-18(14)15-10-17(11-15)23-13-16-12-19(26)25(3)20(16)21-22-8-9-24(21)2/h4-9,15-17,20,23H,10-13H2,1-3H3/t15?,16-,17?,20+/m0/s1. The number of hydrogen-bond acceptors (Lipinski definition) is 3. The molecule has 5 heteroatoms. The molecule has 2 atom stereocenters. The molecule has 1 aliphatic heterocycles. The second kappa shape index (κ2) is 6.88. The fraction of sp³-hybridized carbons (Fsp3) is 0.524. The van der Waals surface area contributed by atoms with Crippen LogP contribution in [0.3, 0.4) is 0 Å². The fourth-order valence-electron chi connectivity index (χ4n) is 4.58. The zero-order chi connectivity index (χ0) is 18.3. The van der Waals surface area contributed by atoms with E-state index >= 15 is 0 Å². The molecule has 1 amide bonds. The van der Waals surface area contributed by atoms with Gasteiger partial charge in [0.2, 0.25) is 5.91 Å². The van der Waals surface area contributed by atoms with Crippen LogP contribution in [-0.4, -0.2) is 40.0 Å². The van der Waals surface area contributed by atoms with Crippen LogP contribution in [-0.2, 0) is 11.8 Å².